The number of allylic oxidation sites excluding steroid dienone is 1. The minimum absolute atomic E-state index is 0.0970. The number of methoxy groups -OCH3 is 1. The van der Waals surface area contributed by atoms with Crippen LogP contribution >= 0.6 is 0 Å². The lowest BCUT2D eigenvalue weighted by atomic mass is 9.44. The average molecular weight is 525 g/mol. The minimum atomic E-state index is -0.872. The summed E-state index contributed by atoms with van der Waals surface area (Å²) in [6, 6.07) is 2.73. The van der Waals surface area contributed by atoms with Gasteiger partial charge in [0.25, 0.3) is 0 Å². The van der Waals surface area contributed by atoms with Gasteiger partial charge in [-0.15, -0.1) is 0 Å². The number of imidazole rings is 1. The number of aryl methyl sites for hydroxylation is 1. The number of fused-ring (bicyclic) bond motifs is 5. The normalized spacial score (nSPS) is 44.1. The maximum Gasteiger partial charge on any atom is 0.186 e. The number of ether oxygens (including phenoxy) is 1. The summed E-state index contributed by atoms with van der Waals surface area (Å²) < 4.78 is 34.4. The number of aliphatic hydroxyl groups excluding tert-OH is 1. The molecule has 0 radical (unpaired) electrons. The molecule has 38 heavy (non-hydrogen) atoms. The third-order valence-electron chi connectivity index (χ3n) is 12.6. The molecule has 5 aliphatic rings. The smallest absolute Gasteiger partial charge is 0.186 e. The zero-order valence-electron chi connectivity index (χ0n) is 22.8. The Kier molecular flexibility index (Phi) is 5.87. The summed E-state index contributed by atoms with van der Waals surface area (Å²) in [4.78, 5) is 7.64. The SMILES string of the molecule is C=C1C[C@]23[C@@H](OC)C[C@H]4[C@@H](CC[C@@H]5C[C@H](O)CC[C@@]54C)[C@@H]2CC[C@@H]3C1CCc1nc2c(F)c(F)ccc2[nH]1. The largest absolute Gasteiger partial charge is 0.393 e. The molecule has 0 saturated heterocycles. The van der Waals surface area contributed by atoms with Gasteiger partial charge in [0.1, 0.15) is 11.3 Å². The molecule has 1 spiro atoms. The predicted molar refractivity (Wildman–Crippen MR) is 143 cm³/mol. The maximum absolute atomic E-state index is 14.2. The molecule has 206 valence electrons. The van der Waals surface area contributed by atoms with Crippen LogP contribution in [0.25, 0.3) is 11.0 Å². The van der Waals surface area contributed by atoms with Crippen molar-refractivity contribution in [3.63, 3.8) is 0 Å². The fraction of sp³-hybridized carbons (Fsp3) is 0.719. The molecule has 2 N–H and O–H groups in total. The summed E-state index contributed by atoms with van der Waals surface area (Å²) >= 11 is 0. The van der Waals surface area contributed by atoms with E-state index in [-0.39, 0.29) is 23.1 Å². The van der Waals surface area contributed by atoms with Crippen LogP contribution in [0.3, 0.4) is 0 Å². The fourth-order valence-electron chi connectivity index (χ4n) is 11.0. The topological polar surface area (TPSA) is 58.1 Å². The van der Waals surface area contributed by atoms with Crippen LogP contribution in [-0.4, -0.2) is 34.4 Å². The Morgan fingerprint density at radius 2 is 1.92 bits per heavy atom. The second-order valence-corrected chi connectivity index (χ2v) is 13.8. The monoisotopic (exact) mass is 524 g/mol. The van der Waals surface area contributed by atoms with E-state index in [1.807, 2.05) is 7.11 Å². The van der Waals surface area contributed by atoms with Gasteiger partial charge in [-0.2, -0.15) is 0 Å². The Morgan fingerprint density at radius 3 is 2.74 bits per heavy atom. The first-order valence-electron chi connectivity index (χ1n) is 15.0. The molecule has 2 aromatic rings. The van der Waals surface area contributed by atoms with E-state index in [1.54, 1.807) is 6.07 Å². The molecule has 5 fully saturated rings. The third kappa shape index (κ3) is 3.41. The summed E-state index contributed by atoms with van der Waals surface area (Å²) in [7, 11) is 1.93. The molecule has 10 atom stereocenters. The van der Waals surface area contributed by atoms with Crippen LogP contribution in [-0.2, 0) is 11.2 Å². The molecular weight excluding hydrogens is 482 g/mol. The Bertz CT molecular complexity index is 1260. The van der Waals surface area contributed by atoms with Crippen LogP contribution in [0, 0.1) is 58.0 Å². The highest BCUT2D eigenvalue weighted by atomic mass is 19.2. The Labute approximate surface area is 224 Å². The molecule has 4 nitrogen and oxygen atoms in total. The Morgan fingerprint density at radius 1 is 1.11 bits per heavy atom. The number of nitrogens with zero attached hydrogens (tertiary/aromatic N) is 1. The zero-order valence-corrected chi connectivity index (χ0v) is 22.8. The van der Waals surface area contributed by atoms with Gasteiger partial charge < -0.3 is 14.8 Å². The van der Waals surface area contributed by atoms with Crippen molar-refractivity contribution >= 4 is 11.0 Å². The molecule has 1 aromatic carbocycles. The van der Waals surface area contributed by atoms with E-state index in [2.05, 4.69) is 23.5 Å². The summed E-state index contributed by atoms with van der Waals surface area (Å²) in [6.07, 6.45) is 12.1. The first-order valence-corrected chi connectivity index (χ1v) is 15.0. The van der Waals surface area contributed by atoms with Gasteiger partial charge >= 0.3 is 0 Å². The van der Waals surface area contributed by atoms with Crippen molar-refractivity contribution in [2.75, 3.05) is 7.11 Å². The van der Waals surface area contributed by atoms with E-state index >= 15 is 0 Å². The van der Waals surface area contributed by atoms with Gasteiger partial charge in [-0.25, -0.2) is 13.8 Å². The molecule has 0 bridgehead atoms. The molecule has 1 heterocycles. The van der Waals surface area contributed by atoms with Crippen molar-refractivity contribution < 1.29 is 18.6 Å². The van der Waals surface area contributed by atoms with Gasteiger partial charge in [0.15, 0.2) is 11.6 Å². The first kappa shape index (κ1) is 25.2. The first-order chi connectivity index (χ1) is 18.3. The lowest BCUT2D eigenvalue weighted by Crippen LogP contribution is -2.59. The minimum Gasteiger partial charge on any atom is -0.393 e. The van der Waals surface area contributed by atoms with Crippen molar-refractivity contribution in [3.05, 3.63) is 41.7 Å². The van der Waals surface area contributed by atoms with Crippen LogP contribution in [0.2, 0.25) is 0 Å². The van der Waals surface area contributed by atoms with Crippen LogP contribution < -0.4 is 0 Å². The molecule has 5 saturated carbocycles. The highest BCUT2D eigenvalue weighted by molar-refractivity contribution is 5.75. The van der Waals surface area contributed by atoms with E-state index < -0.39 is 11.6 Å². The number of benzene rings is 1. The highest BCUT2D eigenvalue weighted by Crippen LogP contribution is 2.73. The second kappa shape index (κ2) is 8.86. The second-order valence-electron chi connectivity index (χ2n) is 13.8. The van der Waals surface area contributed by atoms with E-state index in [4.69, 9.17) is 4.74 Å². The molecule has 0 amide bonds. The van der Waals surface area contributed by atoms with Gasteiger partial charge in [0, 0.05) is 18.9 Å². The molecule has 0 aliphatic heterocycles. The van der Waals surface area contributed by atoms with E-state index in [9.17, 15) is 13.9 Å². The molecule has 1 unspecified atom stereocenters. The lowest BCUT2D eigenvalue weighted by Gasteiger charge is -2.62. The van der Waals surface area contributed by atoms with E-state index in [0.29, 0.717) is 46.9 Å². The van der Waals surface area contributed by atoms with Crippen LogP contribution in [0.1, 0.15) is 77.0 Å². The summed E-state index contributed by atoms with van der Waals surface area (Å²) in [6.45, 7) is 7.16. The molecule has 6 heteroatoms. The molecular formula is C32H42F2N2O2. The van der Waals surface area contributed by atoms with Crippen molar-refractivity contribution in [2.24, 2.45) is 46.3 Å². The summed E-state index contributed by atoms with van der Waals surface area (Å²) in [5.41, 5.74) is 2.51. The van der Waals surface area contributed by atoms with Crippen molar-refractivity contribution in [1.29, 1.82) is 0 Å². The number of aromatic amines is 1. The number of hydrogen-bond acceptors (Lipinski definition) is 3. The van der Waals surface area contributed by atoms with Crippen molar-refractivity contribution in [3.8, 4) is 0 Å². The van der Waals surface area contributed by atoms with Gasteiger partial charge in [0.2, 0.25) is 0 Å². The number of rotatable bonds is 4. The van der Waals surface area contributed by atoms with Gasteiger partial charge in [-0.3, -0.25) is 0 Å². The number of aliphatic hydroxyl groups is 1. The molecule has 1 aromatic heterocycles. The fourth-order valence-corrected chi connectivity index (χ4v) is 11.0. The third-order valence-corrected chi connectivity index (χ3v) is 12.6. The predicted octanol–water partition coefficient (Wildman–Crippen LogP) is 6.97. The van der Waals surface area contributed by atoms with Gasteiger partial charge in [-0.1, -0.05) is 19.1 Å². The summed E-state index contributed by atoms with van der Waals surface area (Å²) in [5, 5.41) is 10.4. The Hall–Kier alpha value is -1.79. The standard InChI is InChI=1S/C32H42F2N2O2/c1-17-16-32-22(20(17)6-11-28-35-26-10-9-25(33)29(34)30(26)36-28)7-8-23(32)21-5-4-18-14-19(37)12-13-31(18,2)24(21)15-27(32)38-3/h9-10,18-24,27,37H,1,4-8,11-16H2,2-3H3,(H,35,36)/t18-,19-,20?,21+,22-,23+,24+,27+,31+,32-/m1/s1. The van der Waals surface area contributed by atoms with Gasteiger partial charge in [-0.05, 0) is 117 Å². The van der Waals surface area contributed by atoms with Crippen molar-refractivity contribution in [2.45, 2.75) is 89.8 Å². The lowest BCUT2D eigenvalue weighted by molar-refractivity contribution is -0.180. The zero-order chi connectivity index (χ0) is 26.4. The summed E-state index contributed by atoms with van der Waals surface area (Å²) in [5.74, 6) is 2.76. The molecule has 7 rings (SSSR count). The molecule has 5 aliphatic carbocycles. The number of halogens is 2. The van der Waals surface area contributed by atoms with Crippen LogP contribution in [0.4, 0.5) is 8.78 Å². The quantitative estimate of drug-likeness (QED) is 0.425. The van der Waals surface area contributed by atoms with E-state index in [0.717, 1.165) is 56.3 Å². The van der Waals surface area contributed by atoms with Gasteiger partial charge in [0.05, 0.1) is 17.7 Å². The van der Waals surface area contributed by atoms with Crippen LogP contribution in [0.15, 0.2) is 24.3 Å². The average Bonchev–Trinajstić information content (AvgIpc) is 3.56. The number of aromatic nitrogens is 2. The maximum atomic E-state index is 14.2. The number of nitrogens with one attached hydrogen (secondary N) is 1. The Balaban J connectivity index is 1.14. The highest BCUT2D eigenvalue weighted by Gasteiger charge is 2.68. The van der Waals surface area contributed by atoms with E-state index in [1.165, 1.54) is 31.3 Å². The van der Waals surface area contributed by atoms with Crippen molar-refractivity contribution in [1.82, 2.24) is 9.97 Å². The number of hydrogen-bond donors (Lipinski definition) is 2. The van der Waals surface area contributed by atoms with Crippen LogP contribution in [0.5, 0.6) is 0 Å². The number of H-pyrrole nitrogens is 1.